The summed E-state index contributed by atoms with van der Waals surface area (Å²) in [6.45, 7) is 0. The van der Waals surface area contributed by atoms with Gasteiger partial charge in [-0.2, -0.15) is 0 Å². The monoisotopic (exact) mass is 428 g/mol. The van der Waals surface area contributed by atoms with Crippen molar-refractivity contribution in [2.75, 3.05) is 19.5 Å². The van der Waals surface area contributed by atoms with Gasteiger partial charge in [-0.25, -0.2) is 0 Å². The molecule has 0 bridgehead atoms. The van der Waals surface area contributed by atoms with Crippen LogP contribution in [0.5, 0.6) is 11.5 Å². The minimum atomic E-state index is -0.756. The van der Waals surface area contributed by atoms with E-state index in [4.69, 9.17) is 9.47 Å². The van der Waals surface area contributed by atoms with Crippen molar-refractivity contribution < 1.29 is 23.9 Å². The Morgan fingerprint density at radius 3 is 2.22 bits per heavy atom. The van der Waals surface area contributed by atoms with Gasteiger partial charge in [-0.15, -0.1) is 0 Å². The van der Waals surface area contributed by atoms with E-state index in [1.165, 1.54) is 20.4 Å². The van der Waals surface area contributed by atoms with E-state index in [-0.39, 0.29) is 5.78 Å². The molecule has 32 heavy (non-hydrogen) atoms. The summed E-state index contributed by atoms with van der Waals surface area (Å²) in [5.74, 6) is -0.625. The maximum atomic E-state index is 12.8. The number of hydrogen-bond acceptors (Lipinski definition) is 5. The van der Waals surface area contributed by atoms with E-state index in [2.05, 4.69) is 10.3 Å². The number of hydrogen-bond donors (Lipinski definition) is 2. The molecule has 0 radical (unpaired) electrons. The summed E-state index contributed by atoms with van der Waals surface area (Å²) in [7, 11) is 3.02. The SMILES string of the molecule is COc1ccc(C(=O)c2ccc(NC(=O)C(=O)c3c[nH]c4ccccc34)cc2)cc1OC. The van der Waals surface area contributed by atoms with Gasteiger partial charge in [0.05, 0.1) is 19.8 Å². The van der Waals surface area contributed by atoms with Crippen molar-refractivity contribution in [3.63, 3.8) is 0 Å². The highest BCUT2D eigenvalue weighted by molar-refractivity contribution is 6.48. The van der Waals surface area contributed by atoms with Gasteiger partial charge in [0, 0.05) is 33.9 Å². The van der Waals surface area contributed by atoms with Crippen molar-refractivity contribution >= 4 is 34.1 Å². The van der Waals surface area contributed by atoms with E-state index >= 15 is 0 Å². The predicted molar refractivity (Wildman–Crippen MR) is 121 cm³/mol. The fourth-order valence-electron chi connectivity index (χ4n) is 3.42. The highest BCUT2D eigenvalue weighted by Gasteiger charge is 2.20. The Balaban J connectivity index is 1.48. The summed E-state index contributed by atoms with van der Waals surface area (Å²) in [6.07, 6.45) is 1.53. The van der Waals surface area contributed by atoms with Crippen molar-refractivity contribution in [2.45, 2.75) is 0 Å². The van der Waals surface area contributed by atoms with Crippen LogP contribution in [0, 0.1) is 0 Å². The van der Waals surface area contributed by atoms with Crippen LogP contribution in [0.3, 0.4) is 0 Å². The number of para-hydroxylation sites is 1. The summed E-state index contributed by atoms with van der Waals surface area (Å²) in [5.41, 5.74) is 2.36. The highest BCUT2D eigenvalue weighted by atomic mass is 16.5. The predicted octanol–water partition coefficient (Wildman–Crippen LogP) is 4.24. The summed E-state index contributed by atoms with van der Waals surface area (Å²) >= 11 is 0. The van der Waals surface area contributed by atoms with Gasteiger partial charge in [-0.05, 0) is 48.5 Å². The Morgan fingerprint density at radius 2 is 1.50 bits per heavy atom. The number of aromatic amines is 1. The molecule has 0 unspecified atom stereocenters. The first kappa shape index (κ1) is 20.9. The zero-order valence-corrected chi connectivity index (χ0v) is 17.5. The molecule has 7 nitrogen and oxygen atoms in total. The Bertz CT molecular complexity index is 1320. The van der Waals surface area contributed by atoms with Gasteiger partial charge < -0.3 is 19.8 Å². The molecule has 0 aliphatic carbocycles. The summed E-state index contributed by atoms with van der Waals surface area (Å²) in [5, 5.41) is 3.27. The molecule has 4 aromatic rings. The minimum absolute atomic E-state index is 0.210. The fraction of sp³-hybridized carbons (Fsp3) is 0.0800. The fourth-order valence-corrected chi connectivity index (χ4v) is 3.42. The Morgan fingerprint density at radius 1 is 0.812 bits per heavy atom. The lowest BCUT2D eigenvalue weighted by Gasteiger charge is -2.09. The number of anilines is 1. The van der Waals surface area contributed by atoms with Crippen LogP contribution in [0.1, 0.15) is 26.3 Å². The molecule has 160 valence electrons. The second-order valence-electron chi connectivity index (χ2n) is 7.01. The number of ketones is 2. The number of carbonyl (C=O) groups is 3. The molecule has 0 atom stereocenters. The van der Waals surface area contributed by atoms with Gasteiger partial charge >= 0.3 is 0 Å². The molecule has 1 heterocycles. The van der Waals surface area contributed by atoms with Crippen LogP contribution in [0.15, 0.2) is 72.9 Å². The zero-order valence-electron chi connectivity index (χ0n) is 17.5. The number of rotatable bonds is 7. The molecule has 4 rings (SSSR count). The summed E-state index contributed by atoms with van der Waals surface area (Å²) in [6, 6.07) is 18.5. The molecule has 0 aliphatic heterocycles. The second kappa shape index (κ2) is 8.77. The smallest absolute Gasteiger partial charge is 0.296 e. The molecule has 0 saturated carbocycles. The number of amides is 1. The van der Waals surface area contributed by atoms with Gasteiger partial charge in [-0.1, -0.05) is 18.2 Å². The van der Waals surface area contributed by atoms with E-state index in [0.29, 0.717) is 39.3 Å². The van der Waals surface area contributed by atoms with E-state index in [1.54, 1.807) is 54.6 Å². The molecule has 3 aromatic carbocycles. The normalized spacial score (nSPS) is 10.6. The first-order valence-electron chi connectivity index (χ1n) is 9.80. The number of aromatic nitrogens is 1. The number of ether oxygens (including phenoxy) is 2. The largest absolute Gasteiger partial charge is 0.493 e. The Hall–Kier alpha value is -4.39. The molecule has 0 saturated heterocycles. The van der Waals surface area contributed by atoms with Crippen LogP contribution in [0.4, 0.5) is 5.69 Å². The number of H-pyrrole nitrogens is 1. The van der Waals surface area contributed by atoms with Crippen molar-refractivity contribution in [3.8, 4) is 11.5 Å². The average molecular weight is 428 g/mol. The highest BCUT2D eigenvalue weighted by Crippen LogP contribution is 2.28. The molecular weight excluding hydrogens is 408 g/mol. The molecular formula is C25H20N2O5. The first-order valence-corrected chi connectivity index (χ1v) is 9.80. The van der Waals surface area contributed by atoms with Crippen LogP contribution < -0.4 is 14.8 Å². The lowest BCUT2D eigenvalue weighted by molar-refractivity contribution is -0.112. The van der Waals surface area contributed by atoms with Crippen molar-refractivity contribution in [2.24, 2.45) is 0 Å². The topological polar surface area (TPSA) is 97.5 Å². The number of nitrogens with one attached hydrogen (secondary N) is 2. The van der Waals surface area contributed by atoms with Gasteiger partial charge in [-0.3, -0.25) is 14.4 Å². The van der Waals surface area contributed by atoms with Crippen LogP contribution >= 0.6 is 0 Å². The first-order chi connectivity index (χ1) is 15.5. The third-order valence-corrected chi connectivity index (χ3v) is 5.09. The number of benzene rings is 3. The van der Waals surface area contributed by atoms with Crippen molar-refractivity contribution in [3.05, 3.63) is 89.6 Å². The van der Waals surface area contributed by atoms with Crippen molar-refractivity contribution in [1.29, 1.82) is 0 Å². The van der Waals surface area contributed by atoms with Crippen molar-refractivity contribution in [1.82, 2.24) is 4.98 Å². The molecule has 1 aromatic heterocycles. The van der Waals surface area contributed by atoms with Gasteiger partial charge in [0.15, 0.2) is 17.3 Å². The quantitative estimate of drug-likeness (QED) is 0.339. The maximum absolute atomic E-state index is 12.8. The molecule has 2 N–H and O–H groups in total. The third-order valence-electron chi connectivity index (χ3n) is 5.09. The molecule has 0 aliphatic rings. The maximum Gasteiger partial charge on any atom is 0.296 e. The van der Waals surface area contributed by atoms with Crippen LogP contribution in [-0.2, 0) is 4.79 Å². The number of fused-ring (bicyclic) bond motifs is 1. The summed E-state index contributed by atoms with van der Waals surface area (Å²) in [4.78, 5) is 40.8. The van der Waals surface area contributed by atoms with Gasteiger partial charge in [0.25, 0.3) is 11.7 Å². The molecule has 0 spiro atoms. The van der Waals surface area contributed by atoms with E-state index < -0.39 is 11.7 Å². The lowest BCUT2D eigenvalue weighted by atomic mass is 10.0. The summed E-state index contributed by atoms with van der Waals surface area (Å²) < 4.78 is 10.4. The van der Waals surface area contributed by atoms with Gasteiger partial charge in [0.1, 0.15) is 0 Å². The zero-order chi connectivity index (χ0) is 22.7. The number of methoxy groups -OCH3 is 2. The van der Waals surface area contributed by atoms with Crippen LogP contribution in [0.25, 0.3) is 10.9 Å². The number of Topliss-reactive ketones (excluding diaryl/α,β-unsaturated/α-hetero) is 1. The van der Waals surface area contributed by atoms with Crippen LogP contribution in [-0.4, -0.2) is 36.7 Å². The van der Waals surface area contributed by atoms with E-state index in [9.17, 15) is 14.4 Å². The Labute approximate surface area is 184 Å². The third kappa shape index (κ3) is 3.96. The molecule has 0 fully saturated rings. The average Bonchev–Trinajstić information content (AvgIpc) is 3.27. The lowest BCUT2D eigenvalue weighted by Crippen LogP contribution is -2.22. The molecule has 7 heteroatoms. The minimum Gasteiger partial charge on any atom is -0.493 e. The van der Waals surface area contributed by atoms with E-state index in [1.807, 2.05) is 12.1 Å². The second-order valence-corrected chi connectivity index (χ2v) is 7.01. The van der Waals surface area contributed by atoms with E-state index in [0.717, 1.165) is 5.52 Å². The standard InChI is InChI=1S/C25H20N2O5/c1-31-21-12-9-16(13-22(21)32-2)23(28)15-7-10-17(11-8-15)27-25(30)24(29)19-14-26-20-6-4-3-5-18(19)20/h3-14,26H,1-2H3,(H,27,30). The number of carbonyl (C=O) groups excluding carboxylic acids is 3. The Kier molecular flexibility index (Phi) is 5.72. The van der Waals surface area contributed by atoms with Gasteiger partial charge in [0.2, 0.25) is 0 Å². The molecule has 1 amide bonds. The van der Waals surface area contributed by atoms with Crippen LogP contribution in [0.2, 0.25) is 0 Å².